The van der Waals surface area contributed by atoms with Crippen LogP contribution in [0.4, 0.5) is 5.82 Å². The van der Waals surface area contributed by atoms with E-state index >= 15 is 0 Å². The molecule has 0 saturated heterocycles. The minimum Gasteiger partial charge on any atom is -0.464 e. The number of hydrogen-bond acceptors (Lipinski definition) is 5. The van der Waals surface area contributed by atoms with Gasteiger partial charge in [0.2, 0.25) is 5.78 Å². The van der Waals surface area contributed by atoms with E-state index in [1.165, 1.54) is 4.68 Å². The Morgan fingerprint density at radius 2 is 2.04 bits per heavy atom. The van der Waals surface area contributed by atoms with Crippen molar-refractivity contribution in [1.82, 2.24) is 14.8 Å². The zero-order valence-electron chi connectivity index (χ0n) is 13.5. The van der Waals surface area contributed by atoms with Crippen molar-refractivity contribution in [3.05, 3.63) is 71.0 Å². The predicted molar refractivity (Wildman–Crippen MR) is 95.7 cm³/mol. The number of ketones is 1. The van der Waals surface area contributed by atoms with Crippen LogP contribution in [0.25, 0.3) is 22.1 Å². The number of Topliss-reactive ketones (excluding diaryl/α,β-unsaturated/α-hetero) is 1. The van der Waals surface area contributed by atoms with Crippen LogP contribution in [0.2, 0.25) is 0 Å². The third-order valence-corrected chi connectivity index (χ3v) is 4.40. The number of nitrogens with zero attached hydrogens (tertiary/aromatic N) is 3. The second kappa shape index (κ2) is 5.38. The number of aromatic nitrogens is 3. The highest BCUT2D eigenvalue weighted by Crippen LogP contribution is 2.30. The maximum atomic E-state index is 12.6. The highest BCUT2D eigenvalue weighted by molar-refractivity contribution is 6.47. The summed E-state index contributed by atoms with van der Waals surface area (Å²) in [6, 6.07) is 10.8. The summed E-state index contributed by atoms with van der Waals surface area (Å²) in [5.74, 6) is 0.272. The molecule has 26 heavy (non-hydrogen) atoms. The molecule has 3 aromatic heterocycles. The smallest absolute Gasteiger partial charge is 0.274 e. The van der Waals surface area contributed by atoms with Crippen LogP contribution < -0.4 is 5.56 Å². The first kappa shape index (κ1) is 14.6. The van der Waals surface area contributed by atoms with Crippen molar-refractivity contribution < 1.29 is 9.21 Å². The molecule has 4 aromatic rings. The molecule has 0 bridgehead atoms. The second-order valence-electron chi connectivity index (χ2n) is 6.02. The first-order chi connectivity index (χ1) is 12.7. The number of rotatable bonds is 2. The standard InChI is InChI=1S/C19H12N4O3/c24-14-10-23-18(16(19(25)22-23)13-2-1-6-20-9-13)21-17(14)12-3-4-15-11(8-12)5-7-26-15/h1-9H,10H2,(H,22,25). The van der Waals surface area contributed by atoms with Gasteiger partial charge in [0.1, 0.15) is 17.8 Å². The predicted octanol–water partition coefficient (Wildman–Crippen LogP) is 2.69. The summed E-state index contributed by atoms with van der Waals surface area (Å²) in [6.45, 7) is 0.0348. The minimum absolute atomic E-state index is 0.0348. The molecule has 0 saturated carbocycles. The fraction of sp³-hybridized carbons (Fsp3) is 0.0526. The van der Waals surface area contributed by atoms with Crippen molar-refractivity contribution in [1.29, 1.82) is 0 Å². The lowest BCUT2D eigenvalue weighted by Crippen LogP contribution is -2.25. The monoisotopic (exact) mass is 344 g/mol. The molecule has 126 valence electrons. The molecule has 1 N–H and O–H groups in total. The number of pyridine rings is 1. The molecule has 0 radical (unpaired) electrons. The quantitative estimate of drug-likeness (QED) is 0.605. The summed E-state index contributed by atoms with van der Waals surface area (Å²) >= 11 is 0. The summed E-state index contributed by atoms with van der Waals surface area (Å²) in [7, 11) is 0. The molecule has 0 fully saturated rings. The molecule has 7 nitrogen and oxygen atoms in total. The highest BCUT2D eigenvalue weighted by atomic mass is 16.3. The van der Waals surface area contributed by atoms with E-state index in [-0.39, 0.29) is 17.9 Å². The van der Waals surface area contributed by atoms with Crippen LogP contribution in [0.15, 0.2) is 69.3 Å². The molecule has 1 aliphatic heterocycles. The lowest BCUT2D eigenvalue weighted by molar-refractivity contribution is -0.113. The molecule has 0 amide bonds. The van der Waals surface area contributed by atoms with Gasteiger partial charge in [0, 0.05) is 28.9 Å². The van der Waals surface area contributed by atoms with Crippen LogP contribution in [0, 0.1) is 0 Å². The van der Waals surface area contributed by atoms with Gasteiger partial charge < -0.3 is 4.42 Å². The fourth-order valence-corrected chi connectivity index (χ4v) is 3.20. The molecule has 7 heteroatoms. The molecule has 1 aliphatic rings. The number of hydrogen-bond donors (Lipinski definition) is 1. The van der Waals surface area contributed by atoms with E-state index in [9.17, 15) is 9.59 Å². The number of H-pyrrole nitrogens is 1. The molecule has 1 aromatic carbocycles. The number of carbonyl (C=O) groups excluding carboxylic acids is 1. The fourth-order valence-electron chi connectivity index (χ4n) is 3.20. The summed E-state index contributed by atoms with van der Waals surface area (Å²) in [6.07, 6.45) is 4.84. The first-order valence-electron chi connectivity index (χ1n) is 8.03. The Bertz CT molecular complexity index is 1240. The summed E-state index contributed by atoms with van der Waals surface area (Å²) in [4.78, 5) is 33.6. The van der Waals surface area contributed by atoms with E-state index in [1.807, 2.05) is 12.1 Å². The van der Waals surface area contributed by atoms with Crippen LogP contribution in [-0.2, 0) is 11.3 Å². The van der Waals surface area contributed by atoms with Crippen LogP contribution in [0.5, 0.6) is 0 Å². The molecule has 0 spiro atoms. The molecular formula is C19H12N4O3. The molecule has 0 unspecified atom stereocenters. The third-order valence-electron chi connectivity index (χ3n) is 4.40. The van der Waals surface area contributed by atoms with E-state index in [0.717, 1.165) is 11.0 Å². The summed E-state index contributed by atoms with van der Waals surface area (Å²) in [5.41, 5.74) is 2.54. The Kier molecular flexibility index (Phi) is 3.02. The Morgan fingerprint density at radius 1 is 1.12 bits per heavy atom. The van der Waals surface area contributed by atoms with Crippen molar-refractivity contribution in [3.8, 4) is 11.1 Å². The number of aromatic amines is 1. The molecule has 0 aliphatic carbocycles. The highest BCUT2D eigenvalue weighted by Gasteiger charge is 2.26. The number of furan rings is 1. The van der Waals surface area contributed by atoms with E-state index < -0.39 is 0 Å². The van der Waals surface area contributed by atoms with Crippen LogP contribution in [0.1, 0.15) is 5.56 Å². The van der Waals surface area contributed by atoms with E-state index in [4.69, 9.17) is 4.42 Å². The normalized spacial score (nSPS) is 13.7. The van der Waals surface area contributed by atoms with Gasteiger partial charge in [-0.2, -0.15) is 0 Å². The van der Waals surface area contributed by atoms with Gasteiger partial charge in [-0.05, 0) is 30.3 Å². The number of nitrogens with one attached hydrogen (secondary N) is 1. The van der Waals surface area contributed by atoms with Crippen LogP contribution in [-0.4, -0.2) is 26.3 Å². The Morgan fingerprint density at radius 3 is 2.88 bits per heavy atom. The largest absolute Gasteiger partial charge is 0.464 e. The van der Waals surface area contributed by atoms with Crippen molar-refractivity contribution in [2.24, 2.45) is 4.99 Å². The van der Waals surface area contributed by atoms with E-state index in [2.05, 4.69) is 15.1 Å². The van der Waals surface area contributed by atoms with Gasteiger partial charge in [0.25, 0.3) is 5.56 Å². The number of benzene rings is 1. The van der Waals surface area contributed by atoms with Gasteiger partial charge in [-0.1, -0.05) is 6.07 Å². The third kappa shape index (κ3) is 2.14. The lowest BCUT2D eigenvalue weighted by Gasteiger charge is -2.14. The van der Waals surface area contributed by atoms with Crippen molar-refractivity contribution >= 4 is 28.3 Å². The molecular weight excluding hydrogens is 332 g/mol. The first-order valence-corrected chi connectivity index (χ1v) is 8.03. The average molecular weight is 344 g/mol. The molecule has 0 atom stereocenters. The van der Waals surface area contributed by atoms with Crippen molar-refractivity contribution in [2.75, 3.05) is 0 Å². The van der Waals surface area contributed by atoms with Gasteiger partial charge in [0.05, 0.1) is 11.8 Å². The molecule has 5 rings (SSSR count). The second-order valence-corrected chi connectivity index (χ2v) is 6.02. The average Bonchev–Trinajstić information content (AvgIpc) is 3.24. The van der Waals surface area contributed by atoms with Crippen molar-refractivity contribution in [2.45, 2.75) is 6.54 Å². The number of carbonyl (C=O) groups is 1. The Labute approximate surface area is 146 Å². The summed E-state index contributed by atoms with van der Waals surface area (Å²) in [5, 5.41) is 3.57. The zero-order valence-corrected chi connectivity index (χ0v) is 13.5. The SMILES string of the molecule is O=C1Cn2[nH]c(=O)c(-c3cccnc3)c2N=C1c1ccc2occc2c1. The van der Waals surface area contributed by atoms with E-state index in [0.29, 0.717) is 28.2 Å². The maximum Gasteiger partial charge on any atom is 0.274 e. The number of aliphatic imine (C=N–C) groups is 1. The lowest BCUT2D eigenvalue weighted by atomic mass is 10.0. The van der Waals surface area contributed by atoms with Gasteiger partial charge >= 0.3 is 0 Å². The van der Waals surface area contributed by atoms with Crippen LogP contribution in [0.3, 0.4) is 0 Å². The Balaban J connectivity index is 1.71. The zero-order chi connectivity index (χ0) is 17.7. The van der Waals surface area contributed by atoms with Crippen molar-refractivity contribution in [3.63, 3.8) is 0 Å². The topological polar surface area (TPSA) is 93.2 Å². The van der Waals surface area contributed by atoms with Gasteiger partial charge in [-0.3, -0.25) is 24.4 Å². The van der Waals surface area contributed by atoms with Gasteiger partial charge in [0.15, 0.2) is 5.82 Å². The van der Waals surface area contributed by atoms with Gasteiger partial charge in [-0.25, -0.2) is 4.99 Å². The maximum absolute atomic E-state index is 12.6. The van der Waals surface area contributed by atoms with E-state index in [1.54, 1.807) is 42.9 Å². The van der Waals surface area contributed by atoms with Crippen LogP contribution >= 0.6 is 0 Å². The summed E-state index contributed by atoms with van der Waals surface area (Å²) < 4.78 is 6.82. The molecule has 4 heterocycles. The number of fused-ring (bicyclic) bond motifs is 2. The minimum atomic E-state index is -0.295. The Hall–Kier alpha value is -3.74. The van der Waals surface area contributed by atoms with Gasteiger partial charge in [-0.15, -0.1) is 0 Å².